The van der Waals surface area contributed by atoms with Gasteiger partial charge >= 0.3 is 11.9 Å². The molecule has 0 atom stereocenters. The summed E-state index contributed by atoms with van der Waals surface area (Å²) in [6.45, 7) is 4.08. The predicted molar refractivity (Wildman–Crippen MR) is 70.1 cm³/mol. The summed E-state index contributed by atoms with van der Waals surface area (Å²) >= 11 is 0. The van der Waals surface area contributed by atoms with E-state index >= 15 is 0 Å². The van der Waals surface area contributed by atoms with Gasteiger partial charge in [0.1, 0.15) is 0 Å². The van der Waals surface area contributed by atoms with Crippen molar-refractivity contribution in [2.45, 2.75) is 52.4 Å². The molecule has 4 nitrogen and oxygen atoms in total. The van der Waals surface area contributed by atoms with Crippen LogP contribution in [0.15, 0.2) is 11.1 Å². The van der Waals surface area contributed by atoms with E-state index in [0.717, 1.165) is 25.7 Å². The van der Waals surface area contributed by atoms with Gasteiger partial charge < -0.3 is 9.47 Å². The maximum atomic E-state index is 11.8. The van der Waals surface area contributed by atoms with Crippen LogP contribution in [0.3, 0.4) is 0 Å². The zero-order chi connectivity index (χ0) is 14.0. The minimum atomic E-state index is -0.417. The lowest BCUT2D eigenvalue weighted by Gasteiger charge is -2.12. The van der Waals surface area contributed by atoms with Gasteiger partial charge in [-0.2, -0.15) is 0 Å². The van der Waals surface area contributed by atoms with E-state index < -0.39 is 11.9 Å². The quantitative estimate of drug-likeness (QED) is 0.495. The Morgan fingerprint density at radius 2 is 1.11 bits per heavy atom. The molecule has 0 aromatic heterocycles. The largest absolute Gasteiger partial charge is 0.466 e. The molecule has 0 saturated carbocycles. The van der Waals surface area contributed by atoms with Crippen molar-refractivity contribution in [2.75, 3.05) is 14.2 Å². The third-order valence-corrected chi connectivity index (χ3v) is 2.79. The lowest BCUT2D eigenvalue weighted by Crippen LogP contribution is -2.15. The van der Waals surface area contributed by atoms with Crippen molar-refractivity contribution < 1.29 is 19.1 Å². The minimum Gasteiger partial charge on any atom is -0.466 e. The van der Waals surface area contributed by atoms with Gasteiger partial charge in [0.15, 0.2) is 0 Å². The van der Waals surface area contributed by atoms with E-state index in [9.17, 15) is 9.59 Å². The molecule has 0 fully saturated rings. The van der Waals surface area contributed by atoms with Crippen LogP contribution in [0.2, 0.25) is 0 Å². The number of carbonyl (C=O) groups is 2. The molecule has 0 aliphatic rings. The van der Waals surface area contributed by atoms with E-state index in [1.807, 2.05) is 13.8 Å². The molecule has 0 unspecified atom stereocenters. The number of hydrogen-bond donors (Lipinski definition) is 0. The summed E-state index contributed by atoms with van der Waals surface area (Å²) in [6, 6.07) is 0. The van der Waals surface area contributed by atoms with E-state index in [1.54, 1.807) is 0 Å². The van der Waals surface area contributed by atoms with Crippen molar-refractivity contribution in [3.05, 3.63) is 11.1 Å². The number of esters is 2. The number of unbranched alkanes of at least 4 members (excludes halogenated alkanes) is 2. The van der Waals surface area contributed by atoms with E-state index in [4.69, 9.17) is 9.47 Å². The number of ether oxygens (including phenoxy) is 2. The molecule has 0 amide bonds. The molecule has 0 heterocycles. The predicted octanol–water partition coefficient (Wildman–Crippen LogP) is 3.01. The Labute approximate surface area is 109 Å². The Morgan fingerprint density at radius 1 is 0.778 bits per heavy atom. The normalized spacial score (nSPS) is 11.8. The smallest absolute Gasteiger partial charge is 0.334 e. The maximum absolute atomic E-state index is 11.8. The molecule has 0 aromatic rings. The number of carbonyl (C=O) groups excluding carboxylic acids is 2. The number of hydrogen-bond acceptors (Lipinski definition) is 4. The zero-order valence-electron chi connectivity index (χ0n) is 11.9. The van der Waals surface area contributed by atoms with Crippen molar-refractivity contribution in [1.29, 1.82) is 0 Å². The van der Waals surface area contributed by atoms with Crippen LogP contribution in [0.5, 0.6) is 0 Å². The Kier molecular flexibility index (Phi) is 8.97. The highest BCUT2D eigenvalue weighted by atomic mass is 16.5. The molecular formula is C14H24O4. The van der Waals surface area contributed by atoms with Crippen LogP contribution in [-0.2, 0) is 19.1 Å². The highest BCUT2D eigenvalue weighted by Gasteiger charge is 2.21. The van der Waals surface area contributed by atoms with Gasteiger partial charge in [-0.05, 0) is 25.7 Å². The molecule has 0 aromatic carbocycles. The maximum Gasteiger partial charge on any atom is 0.334 e. The van der Waals surface area contributed by atoms with Crippen molar-refractivity contribution in [1.82, 2.24) is 0 Å². The fraction of sp³-hybridized carbons (Fsp3) is 0.714. The summed E-state index contributed by atoms with van der Waals surface area (Å²) in [6.07, 6.45) is 4.77. The van der Waals surface area contributed by atoms with E-state index in [0.29, 0.717) is 24.0 Å². The second-order valence-corrected chi connectivity index (χ2v) is 4.15. The van der Waals surface area contributed by atoms with Gasteiger partial charge in [-0.15, -0.1) is 0 Å². The Bertz CT molecular complexity index is 275. The van der Waals surface area contributed by atoms with Crippen LogP contribution < -0.4 is 0 Å². The average Bonchev–Trinajstić information content (AvgIpc) is 2.40. The summed E-state index contributed by atoms with van der Waals surface area (Å²) in [4.78, 5) is 23.5. The van der Waals surface area contributed by atoms with Crippen molar-refractivity contribution >= 4 is 11.9 Å². The third-order valence-electron chi connectivity index (χ3n) is 2.79. The van der Waals surface area contributed by atoms with Gasteiger partial charge in [0.2, 0.25) is 0 Å². The van der Waals surface area contributed by atoms with Crippen molar-refractivity contribution in [3.8, 4) is 0 Å². The van der Waals surface area contributed by atoms with Crippen molar-refractivity contribution in [2.24, 2.45) is 0 Å². The average molecular weight is 256 g/mol. The van der Waals surface area contributed by atoms with E-state index in [-0.39, 0.29) is 0 Å². The van der Waals surface area contributed by atoms with Crippen LogP contribution in [0.4, 0.5) is 0 Å². The van der Waals surface area contributed by atoms with Crippen LogP contribution >= 0.6 is 0 Å². The molecule has 0 spiro atoms. The monoisotopic (exact) mass is 256 g/mol. The fourth-order valence-corrected chi connectivity index (χ4v) is 1.71. The summed E-state index contributed by atoms with van der Waals surface area (Å²) in [5.41, 5.74) is 0.944. The SMILES string of the molecule is CCCC/C(C(=O)OC)=C(\CCCC)C(=O)OC. The Balaban J connectivity index is 5.21. The van der Waals surface area contributed by atoms with Crippen LogP contribution in [0.1, 0.15) is 52.4 Å². The second kappa shape index (κ2) is 9.68. The summed E-state index contributed by atoms with van der Waals surface area (Å²) in [5.74, 6) is -0.833. The number of methoxy groups -OCH3 is 2. The Hall–Kier alpha value is -1.32. The van der Waals surface area contributed by atoms with Crippen LogP contribution in [-0.4, -0.2) is 26.2 Å². The first-order valence-corrected chi connectivity index (χ1v) is 6.50. The first-order chi connectivity index (χ1) is 8.62. The van der Waals surface area contributed by atoms with E-state index in [2.05, 4.69) is 0 Å². The molecule has 4 heteroatoms. The lowest BCUT2D eigenvalue weighted by atomic mass is 9.98. The fourth-order valence-electron chi connectivity index (χ4n) is 1.71. The first kappa shape index (κ1) is 16.7. The zero-order valence-corrected chi connectivity index (χ0v) is 11.9. The van der Waals surface area contributed by atoms with Gasteiger partial charge in [-0.1, -0.05) is 26.7 Å². The summed E-state index contributed by atoms with van der Waals surface area (Å²) in [5, 5.41) is 0. The standard InChI is InChI=1S/C14H24O4/c1-5-7-9-11(13(15)17-3)12(10-8-6-2)14(16)18-4/h5-10H2,1-4H3/b12-11-. The molecule has 0 rings (SSSR count). The number of rotatable bonds is 8. The van der Waals surface area contributed by atoms with E-state index in [1.165, 1.54) is 14.2 Å². The summed E-state index contributed by atoms with van der Waals surface area (Å²) in [7, 11) is 2.67. The van der Waals surface area contributed by atoms with Crippen LogP contribution in [0.25, 0.3) is 0 Å². The highest BCUT2D eigenvalue weighted by molar-refractivity contribution is 6.00. The third kappa shape index (κ3) is 5.34. The molecule has 0 N–H and O–H groups in total. The molecule has 0 bridgehead atoms. The molecule has 0 saturated heterocycles. The topological polar surface area (TPSA) is 52.6 Å². The molecule has 0 aliphatic heterocycles. The molecular weight excluding hydrogens is 232 g/mol. The van der Waals surface area contributed by atoms with Gasteiger partial charge in [0.05, 0.1) is 14.2 Å². The Morgan fingerprint density at radius 3 is 1.33 bits per heavy atom. The van der Waals surface area contributed by atoms with Gasteiger partial charge in [0, 0.05) is 11.1 Å². The molecule has 0 radical (unpaired) electrons. The minimum absolute atomic E-state index is 0.417. The second-order valence-electron chi connectivity index (χ2n) is 4.15. The van der Waals surface area contributed by atoms with Gasteiger partial charge in [-0.3, -0.25) is 0 Å². The van der Waals surface area contributed by atoms with Gasteiger partial charge in [-0.25, -0.2) is 9.59 Å². The van der Waals surface area contributed by atoms with Gasteiger partial charge in [0.25, 0.3) is 0 Å². The molecule has 18 heavy (non-hydrogen) atoms. The van der Waals surface area contributed by atoms with Crippen LogP contribution in [0, 0.1) is 0 Å². The molecule has 104 valence electrons. The van der Waals surface area contributed by atoms with Crippen molar-refractivity contribution in [3.63, 3.8) is 0 Å². The first-order valence-electron chi connectivity index (χ1n) is 6.50. The highest BCUT2D eigenvalue weighted by Crippen LogP contribution is 2.20. The lowest BCUT2D eigenvalue weighted by molar-refractivity contribution is -0.139. The summed E-state index contributed by atoms with van der Waals surface area (Å²) < 4.78 is 9.52. The molecule has 0 aliphatic carbocycles.